The van der Waals surface area contributed by atoms with Crippen molar-refractivity contribution < 1.29 is 4.39 Å². The average molecular weight is 379 g/mol. The van der Waals surface area contributed by atoms with Crippen molar-refractivity contribution in [2.24, 2.45) is 0 Å². The second-order valence-corrected chi connectivity index (χ2v) is 7.75. The first-order valence-corrected chi connectivity index (χ1v) is 9.63. The highest BCUT2D eigenvalue weighted by Gasteiger charge is 2.28. The summed E-state index contributed by atoms with van der Waals surface area (Å²) in [6, 6.07) is 8.97. The molecular formula is C16H12ClFN4S2. The summed E-state index contributed by atoms with van der Waals surface area (Å²) < 4.78 is 15.4. The number of fused-ring (bicyclic) bond motifs is 1. The summed E-state index contributed by atoms with van der Waals surface area (Å²) in [5.74, 6) is 2.27. The highest BCUT2D eigenvalue weighted by atomic mass is 35.5. The van der Waals surface area contributed by atoms with Crippen LogP contribution in [0.1, 0.15) is 6.04 Å². The summed E-state index contributed by atoms with van der Waals surface area (Å²) in [6.45, 7) is 0. The van der Waals surface area contributed by atoms with Crippen LogP contribution >= 0.6 is 35.1 Å². The van der Waals surface area contributed by atoms with Crippen LogP contribution in [0.5, 0.6) is 0 Å². The van der Waals surface area contributed by atoms with Crippen LogP contribution in [0, 0.1) is 5.82 Å². The van der Waals surface area contributed by atoms with Crippen LogP contribution < -0.4 is 0 Å². The molecule has 0 N–H and O–H groups in total. The van der Waals surface area contributed by atoms with Gasteiger partial charge in [0.05, 0.1) is 11.1 Å². The zero-order chi connectivity index (χ0) is 16.5. The number of nitrogens with zero attached hydrogens (tertiary/aromatic N) is 4. The van der Waals surface area contributed by atoms with Crippen LogP contribution in [0.15, 0.2) is 52.8 Å². The summed E-state index contributed by atoms with van der Waals surface area (Å²) in [5.41, 5.74) is 1.01. The average Bonchev–Trinajstić information content (AvgIpc) is 3.19. The van der Waals surface area contributed by atoms with Crippen LogP contribution in [0.25, 0.3) is 11.4 Å². The number of thioether (sulfide) groups is 2. The quantitative estimate of drug-likeness (QED) is 0.622. The monoisotopic (exact) mass is 378 g/mol. The molecule has 1 aliphatic heterocycles. The molecule has 0 saturated carbocycles. The van der Waals surface area contributed by atoms with E-state index < -0.39 is 5.82 Å². The Balaban J connectivity index is 1.55. The van der Waals surface area contributed by atoms with Crippen molar-refractivity contribution >= 4 is 35.1 Å². The maximum Gasteiger partial charge on any atom is 0.191 e. The van der Waals surface area contributed by atoms with Crippen molar-refractivity contribution in [3.05, 3.63) is 53.6 Å². The van der Waals surface area contributed by atoms with E-state index in [0.29, 0.717) is 0 Å². The lowest BCUT2D eigenvalue weighted by Crippen LogP contribution is -2.11. The second-order valence-electron chi connectivity index (χ2n) is 5.26. The highest BCUT2D eigenvalue weighted by molar-refractivity contribution is 8.00. The smallest absolute Gasteiger partial charge is 0.191 e. The second kappa shape index (κ2) is 6.74. The van der Waals surface area contributed by atoms with Crippen molar-refractivity contribution in [2.75, 3.05) is 11.5 Å². The van der Waals surface area contributed by atoms with E-state index in [1.807, 2.05) is 12.1 Å². The molecule has 122 valence electrons. The first-order valence-electron chi connectivity index (χ1n) is 7.28. The summed E-state index contributed by atoms with van der Waals surface area (Å²) in [6.07, 6.45) is 3.51. The molecule has 1 aliphatic rings. The number of rotatable bonds is 4. The Morgan fingerprint density at radius 3 is 2.88 bits per heavy atom. The Hall–Kier alpha value is -1.57. The van der Waals surface area contributed by atoms with Crippen LogP contribution in [-0.4, -0.2) is 31.3 Å². The molecule has 1 atom stereocenters. The number of benzene rings is 1. The molecule has 0 spiro atoms. The van der Waals surface area contributed by atoms with Gasteiger partial charge in [0.15, 0.2) is 11.0 Å². The number of pyridine rings is 1. The van der Waals surface area contributed by atoms with Gasteiger partial charge in [-0.15, -0.1) is 22.0 Å². The Bertz CT molecular complexity index is 872. The highest BCUT2D eigenvalue weighted by Crippen LogP contribution is 2.39. The molecule has 0 aliphatic carbocycles. The van der Waals surface area contributed by atoms with Gasteiger partial charge >= 0.3 is 0 Å². The molecular weight excluding hydrogens is 367 g/mol. The van der Waals surface area contributed by atoms with E-state index in [4.69, 9.17) is 11.6 Å². The van der Waals surface area contributed by atoms with E-state index in [9.17, 15) is 4.39 Å². The van der Waals surface area contributed by atoms with Crippen LogP contribution in [0.3, 0.4) is 0 Å². The molecule has 0 saturated heterocycles. The molecule has 0 amide bonds. The first kappa shape index (κ1) is 15.9. The Morgan fingerprint density at radius 2 is 2.08 bits per heavy atom. The summed E-state index contributed by atoms with van der Waals surface area (Å²) in [4.78, 5) is 5.01. The van der Waals surface area contributed by atoms with E-state index >= 15 is 0 Å². The van der Waals surface area contributed by atoms with Gasteiger partial charge in [-0.05, 0) is 30.3 Å². The fourth-order valence-corrected chi connectivity index (χ4v) is 5.02. The fourth-order valence-electron chi connectivity index (χ4n) is 2.53. The normalized spacial score (nSPS) is 16.3. The largest absolute Gasteiger partial charge is 0.297 e. The zero-order valence-corrected chi connectivity index (χ0v) is 14.8. The van der Waals surface area contributed by atoms with Crippen LogP contribution in [0.2, 0.25) is 5.02 Å². The van der Waals surface area contributed by atoms with E-state index in [1.54, 1.807) is 48.1 Å². The minimum absolute atomic E-state index is 0.156. The molecule has 4 nitrogen and oxygen atoms in total. The van der Waals surface area contributed by atoms with Crippen LogP contribution in [-0.2, 0) is 0 Å². The zero-order valence-electron chi connectivity index (χ0n) is 12.4. The molecule has 0 unspecified atom stereocenters. The topological polar surface area (TPSA) is 43.6 Å². The third-order valence-electron chi connectivity index (χ3n) is 3.71. The standard InChI is InChI=1S/C16H12ClFN4S2/c17-13-7-12(1-2-14(13)18)23-8-11-9-24-16-21-20-15(22(11)16)10-3-5-19-6-4-10/h1-7,11H,8-9H2/t11-/m1/s1. The third kappa shape index (κ3) is 3.03. The minimum Gasteiger partial charge on any atom is -0.297 e. The van der Waals surface area contributed by atoms with Crippen molar-refractivity contribution in [1.82, 2.24) is 19.7 Å². The summed E-state index contributed by atoms with van der Waals surface area (Å²) >= 11 is 9.22. The van der Waals surface area contributed by atoms with Gasteiger partial charge in [0.1, 0.15) is 5.82 Å². The lowest BCUT2D eigenvalue weighted by Gasteiger charge is -2.14. The lowest BCUT2D eigenvalue weighted by molar-refractivity contribution is 0.597. The van der Waals surface area contributed by atoms with Crippen molar-refractivity contribution in [1.29, 1.82) is 0 Å². The van der Waals surface area contributed by atoms with Gasteiger partial charge in [0, 0.05) is 34.4 Å². The molecule has 24 heavy (non-hydrogen) atoms. The molecule has 0 bridgehead atoms. The van der Waals surface area contributed by atoms with Gasteiger partial charge < -0.3 is 0 Å². The predicted molar refractivity (Wildman–Crippen MR) is 95.1 cm³/mol. The van der Waals surface area contributed by atoms with Gasteiger partial charge in [-0.25, -0.2) is 4.39 Å². The third-order valence-corrected chi connectivity index (χ3v) is 6.22. The van der Waals surface area contributed by atoms with Crippen LogP contribution in [0.4, 0.5) is 4.39 Å². The van der Waals surface area contributed by atoms with E-state index in [2.05, 4.69) is 19.7 Å². The molecule has 0 radical (unpaired) electrons. The molecule has 8 heteroatoms. The van der Waals surface area contributed by atoms with Gasteiger partial charge in [0.25, 0.3) is 0 Å². The van der Waals surface area contributed by atoms with Gasteiger partial charge in [-0.2, -0.15) is 0 Å². The number of aromatic nitrogens is 4. The molecule has 3 aromatic rings. The number of hydrogen-bond donors (Lipinski definition) is 0. The predicted octanol–water partition coefficient (Wildman–Crippen LogP) is 4.57. The number of halogens is 2. The maximum absolute atomic E-state index is 13.3. The van der Waals surface area contributed by atoms with Crippen molar-refractivity contribution in [3.8, 4) is 11.4 Å². The van der Waals surface area contributed by atoms with Gasteiger partial charge in [0.2, 0.25) is 0 Å². The fraction of sp³-hybridized carbons (Fsp3) is 0.188. The molecule has 3 heterocycles. The summed E-state index contributed by atoms with van der Waals surface area (Å²) in [5, 5.41) is 9.69. The minimum atomic E-state index is -0.390. The molecule has 0 fully saturated rings. The van der Waals surface area contributed by atoms with E-state index in [-0.39, 0.29) is 11.1 Å². The molecule has 1 aromatic carbocycles. The van der Waals surface area contributed by atoms with Crippen molar-refractivity contribution in [3.63, 3.8) is 0 Å². The van der Waals surface area contributed by atoms with E-state index in [0.717, 1.165) is 32.9 Å². The summed E-state index contributed by atoms with van der Waals surface area (Å²) in [7, 11) is 0. The van der Waals surface area contributed by atoms with Crippen molar-refractivity contribution in [2.45, 2.75) is 16.1 Å². The van der Waals surface area contributed by atoms with E-state index in [1.165, 1.54) is 6.07 Å². The first-order chi connectivity index (χ1) is 11.7. The number of hydrogen-bond acceptors (Lipinski definition) is 5. The lowest BCUT2D eigenvalue weighted by atomic mass is 10.2. The Kier molecular flexibility index (Phi) is 4.47. The molecule has 2 aromatic heterocycles. The SMILES string of the molecule is Fc1ccc(SC[C@@H]2CSc3nnc(-c4ccncc4)n32)cc1Cl. The van der Waals surface area contributed by atoms with Gasteiger partial charge in [-0.3, -0.25) is 9.55 Å². The maximum atomic E-state index is 13.3. The molecule has 4 rings (SSSR count). The Labute approximate surface area is 151 Å². The Morgan fingerprint density at radius 1 is 1.25 bits per heavy atom. The van der Waals surface area contributed by atoms with Gasteiger partial charge in [-0.1, -0.05) is 23.4 Å².